The van der Waals surface area contributed by atoms with Crippen LogP contribution in [0.3, 0.4) is 0 Å². The van der Waals surface area contributed by atoms with Gasteiger partial charge in [0.05, 0.1) is 37.7 Å². The Morgan fingerprint density at radius 1 is 1.04 bits per heavy atom. The van der Waals surface area contributed by atoms with Gasteiger partial charge in [-0.1, -0.05) is 6.08 Å². The van der Waals surface area contributed by atoms with Crippen LogP contribution in [0, 0.1) is 3.57 Å². The van der Waals surface area contributed by atoms with E-state index in [2.05, 4.69) is 0 Å². The normalized spacial score (nSPS) is 13.3. The van der Waals surface area contributed by atoms with Crippen molar-refractivity contribution in [2.75, 3.05) is 25.7 Å². The fourth-order valence-corrected chi connectivity index (χ4v) is 3.17. The summed E-state index contributed by atoms with van der Waals surface area (Å²) in [6.07, 6.45) is 6.40. The second kappa shape index (κ2) is 9.36. The van der Waals surface area contributed by atoms with Gasteiger partial charge in [0.25, 0.3) is 0 Å². The Morgan fingerprint density at radius 3 is 2.33 bits per heavy atom. The summed E-state index contributed by atoms with van der Waals surface area (Å²) in [5, 5.41) is 0. The number of allylic oxidation sites excluding steroid dienone is 2. The SMILES string of the molecule is CCOC(=O)c1ccc(N2C=CC=CC(C(=O)OC)=C2C(=O)OC)c(I)c1. The van der Waals surface area contributed by atoms with Crippen molar-refractivity contribution in [1.82, 2.24) is 0 Å². The molecular formula is C19H18INO6. The molecule has 0 aromatic heterocycles. The molecule has 142 valence electrons. The third kappa shape index (κ3) is 4.57. The molecule has 0 radical (unpaired) electrons. The van der Waals surface area contributed by atoms with E-state index in [1.54, 1.807) is 43.5 Å². The monoisotopic (exact) mass is 483 g/mol. The van der Waals surface area contributed by atoms with Crippen molar-refractivity contribution < 1.29 is 28.6 Å². The number of halogens is 1. The Bertz CT molecular complexity index is 856. The number of carbonyl (C=O) groups is 3. The van der Waals surface area contributed by atoms with Crippen LogP contribution in [0.5, 0.6) is 0 Å². The van der Waals surface area contributed by atoms with Gasteiger partial charge in [0.15, 0.2) is 0 Å². The highest BCUT2D eigenvalue weighted by Crippen LogP contribution is 2.31. The van der Waals surface area contributed by atoms with E-state index in [9.17, 15) is 14.4 Å². The lowest BCUT2D eigenvalue weighted by Crippen LogP contribution is -2.27. The Balaban J connectivity index is 2.59. The second-order valence-electron chi connectivity index (χ2n) is 5.20. The number of hydrogen-bond donors (Lipinski definition) is 0. The highest BCUT2D eigenvalue weighted by Gasteiger charge is 2.28. The lowest BCUT2D eigenvalue weighted by atomic mass is 10.1. The fraction of sp³-hybridized carbons (Fsp3) is 0.211. The van der Waals surface area contributed by atoms with Gasteiger partial charge in [-0.05, 0) is 59.9 Å². The summed E-state index contributed by atoms with van der Waals surface area (Å²) in [5.74, 6) is -1.80. The zero-order valence-electron chi connectivity index (χ0n) is 15.0. The molecule has 0 spiro atoms. The maximum atomic E-state index is 12.4. The van der Waals surface area contributed by atoms with Crippen molar-refractivity contribution in [3.63, 3.8) is 0 Å². The van der Waals surface area contributed by atoms with Crippen molar-refractivity contribution >= 4 is 46.2 Å². The summed E-state index contributed by atoms with van der Waals surface area (Å²) >= 11 is 2.05. The number of esters is 3. The Kier molecular flexibility index (Phi) is 7.17. The number of ether oxygens (including phenoxy) is 3. The number of benzene rings is 1. The molecule has 2 rings (SSSR count). The van der Waals surface area contributed by atoms with Gasteiger partial charge in [-0.2, -0.15) is 0 Å². The fourth-order valence-electron chi connectivity index (χ4n) is 2.39. The quantitative estimate of drug-likeness (QED) is 0.362. The van der Waals surface area contributed by atoms with Gasteiger partial charge in [0.1, 0.15) is 5.70 Å². The molecule has 1 aromatic carbocycles. The number of rotatable bonds is 5. The van der Waals surface area contributed by atoms with Gasteiger partial charge in [0, 0.05) is 9.77 Å². The first kappa shape index (κ1) is 20.7. The first-order valence-electron chi connectivity index (χ1n) is 7.96. The van der Waals surface area contributed by atoms with E-state index in [0.29, 0.717) is 14.8 Å². The third-order valence-corrected chi connectivity index (χ3v) is 4.47. The Hall–Kier alpha value is -2.62. The van der Waals surface area contributed by atoms with E-state index < -0.39 is 17.9 Å². The van der Waals surface area contributed by atoms with Gasteiger partial charge in [-0.15, -0.1) is 0 Å². The first-order chi connectivity index (χ1) is 12.9. The van der Waals surface area contributed by atoms with Gasteiger partial charge in [-0.3, -0.25) is 0 Å². The molecule has 1 aliphatic heterocycles. The number of nitrogens with zero attached hydrogens (tertiary/aromatic N) is 1. The van der Waals surface area contributed by atoms with Crippen LogP contribution in [0.4, 0.5) is 5.69 Å². The first-order valence-corrected chi connectivity index (χ1v) is 9.04. The molecule has 1 aromatic rings. The van der Waals surface area contributed by atoms with Crippen LogP contribution < -0.4 is 4.90 Å². The summed E-state index contributed by atoms with van der Waals surface area (Å²) in [4.78, 5) is 38.1. The lowest BCUT2D eigenvalue weighted by Gasteiger charge is -2.24. The minimum atomic E-state index is -0.697. The Labute approximate surface area is 170 Å². The maximum absolute atomic E-state index is 12.4. The molecule has 0 aliphatic carbocycles. The van der Waals surface area contributed by atoms with E-state index >= 15 is 0 Å². The van der Waals surface area contributed by atoms with Crippen LogP contribution in [0.15, 0.2) is 53.9 Å². The maximum Gasteiger partial charge on any atom is 0.355 e. The van der Waals surface area contributed by atoms with Crippen LogP contribution in [0.2, 0.25) is 0 Å². The lowest BCUT2D eigenvalue weighted by molar-refractivity contribution is -0.139. The van der Waals surface area contributed by atoms with Gasteiger partial charge < -0.3 is 19.1 Å². The second-order valence-corrected chi connectivity index (χ2v) is 6.36. The number of anilines is 1. The molecular weight excluding hydrogens is 465 g/mol. The van der Waals surface area contributed by atoms with Crippen molar-refractivity contribution in [3.05, 3.63) is 63.0 Å². The van der Waals surface area contributed by atoms with Crippen LogP contribution >= 0.6 is 22.6 Å². The van der Waals surface area contributed by atoms with E-state index in [1.165, 1.54) is 25.2 Å². The van der Waals surface area contributed by atoms with Crippen LogP contribution in [0.1, 0.15) is 17.3 Å². The van der Waals surface area contributed by atoms with Crippen LogP contribution in [-0.2, 0) is 23.8 Å². The summed E-state index contributed by atoms with van der Waals surface area (Å²) in [6.45, 7) is 2.00. The summed E-state index contributed by atoms with van der Waals surface area (Å²) in [5.41, 5.74) is 1.04. The number of carbonyl (C=O) groups excluding carboxylic acids is 3. The van der Waals surface area contributed by atoms with Crippen molar-refractivity contribution in [1.29, 1.82) is 0 Å². The highest BCUT2D eigenvalue weighted by molar-refractivity contribution is 14.1. The minimum absolute atomic E-state index is 0.0103. The van der Waals surface area contributed by atoms with Gasteiger partial charge in [0.2, 0.25) is 0 Å². The van der Waals surface area contributed by atoms with E-state index in [0.717, 1.165) is 0 Å². The zero-order chi connectivity index (χ0) is 20.0. The highest BCUT2D eigenvalue weighted by atomic mass is 127. The molecule has 0 saturated heterocycles. The summed E-state index contributed by atoms with van der Waals surface area (Å²) in [6, 6.07) is 4.91. The van der Waals surface area contributed by atoms with Crippen LogP contribution in [0.25, 0.3) is 0 Å². The number of hydrogen-bond acceptors (Lipinski definition) is 7. The molecule has 1 heterocycles. The molecule has 7 nitrogen and oxygen atoms in total. The van der Waals surface area contributed by atoms with E-state index in [-0.39, 0.29) is 17.9 Å². The molecule has 8 heteroatoms. The molecule has 0 atom stereocenters. The average Bonchev–Trinajstić information content (AvgIpc) is 2.89. The average molecular weight is 483 g/mol. The predicted molar refractivity (Wildman–Crippen MR) is 107 cm³/mol. The summed E-state index contributed by atoms with van der Waals surface area (Å²) < 4.78 is 15.3. The van der Waals surface area contributed by atoms with Gasteiger partial charge >= 0.3 is 17.9 Å². The molecule has 0 bridgehead atoms. The topological polar surface area (TPSA) is 82.1 Å². The van der Waals surface area contributed by atoms with E-state index in [4.69, 9.17) is 14.2 Å². The van der Waals surface area contributed by atoms with E-state index in [1.807, 2.05) is 22.6 Å². The third-order valence-electron chi connectivity index (χ3n) is 3.61. The molecule has 0 saturated carbocycles. The van der Waals surface area contributed by atoms with Crippen LogP contribution in [-0.4, -0.2) is 38.7 Å². The molecule has 27 heavy (non-hydrogen) atoms. The predicted octanol–water partition coefficient (Wildman–Crippen LogP) is 2.96. The zero-order valence-corrected chi connectivity index (χ0v) is 17.2. The Morgan fingerprint density at radius 2 is 1.74 bits per heavy atom. The smallest absolute Gasteiger partial charge is 0.355 e. The van der Waals surface area contributed by atoms with Crippen molar-refractivity contribution in [3.8, 4) is 0 Å². The molecule has 0 unspecified atom stereocenters. The molecule has 0 N–H and O–H groups in total. The standard InChI is InChI=1S/C19H18INO6/c1-4-27-17(22)12-8-9-15(14(20)11-12)21-10-6-5-7-13(18(23)25-2)16(21)19(24)26-3/h5-11H,4H2,1-3H3. The largest absolute Gasteiger partial charge is 0.465 e. The molecule has 1 aliphatic rings. The summed E-state index contributed by atoms with van der Waals surface area (Å²) in [7, 11) is 2.47. The van der Waals surface area contributed by atoms with Gasteiger partial charge in [-0.25, -0.2) is 14.4 Å². The molecule has 0 fully saturated rings. The van der Waals surface area contributed by atoms with Crippen molar-refractivity contribution in [2.24, 2.45) is 0 Å². The minimum Gasteiger partial charge on any atom is -0.465 e. The van der Waals surface area contributed by atoms with Crippen molar-refractivity contribution in [2.45, 2.75) is 6.92 Å². The number of methoxy groups -OCH3 is 2. The molecule has 0 amide bonds.